The van der Waals surface area contributed by atoms with Crippen LogP contribution < -0.4 is 4.90 Å². The monoisotopic (exact) mass is 178 g/mol. The Bertz CT molecular complexity index is 290. The van der Waals surface area contributed by atoms with Gasteiger partial charge < -0.3 is 4.90 Å². The first-order chi connectivity index (χ1) is 6.02. The van der Waals surface area contributed by atoms with E-state index in [-0.39, 0.29) is 0 Å². The van der Waals surface area contributed by atoms with Crippen LogP contribution in [0.2, 0.25) is 0 Å². The van der Waals surface area contributed by atoms with Gasteiger partial charge in [-0.25, -0.2) is 0 Å². The molecule has 0 fully saturated rings. The number of aromatic nitrogens is 1. The second-order valence-electron chi connectivity index (χ2n) is 3.93. The molecule has 1 aromatic heterocycles. The van der Waals surface area contributed by atoms with Gasteiger partial charge in [0.25, 0.3) is 0 Å². The molecule has 1 heterocycles. The second kappa shape index (κ2) is 3.77. The zero-order valence-electron chi connectivity index (χ0n) is 9.13. The molecule has 0 saturated heterocycles. The second-order valence-corrected chi connectivity index (χ2v) is 3.93. The molecule has 0 atom stereocenters. The number of rotatable bonds is 2. The van der Waals surface area contributed by atoms with Gasteiger partial charge in [0.1, 0.15) is 0 Å². The van der Waals surface area contributed by atoms with Crippen LogP contribution in [0.5, 0.6) is 0 Å². The summed E-state index contributed by atoms with van der Waals surface area (Å²) in [5.41, 5.74) is 3.67. The minimum Gasteiger partial charge on any atom is -0.377 e. The molecule has 0 saturated carbocycles. The van der Waals surface area contributed by atoms with Crippen LogP contribution in [-0.4, -0.2) is 19.1 Å². The number of hydrogen-bond acceptors (Lipinski definition) is 2. The molecule has 1 aromatic rings. The molecule has 0 unspecified atom stereocenters. The van der Waals surface area contributed by atoms with E-state index >= 15 is 0 Å². The van der Waals surface area contributed by atoms with Gasteiger partial charge in [-0.3, -0.25) is 4.98 Å². The van der Waals surface area contributed by atoms with E-state index in [2.05, 4.69) is 43.9 Å². The molecule has 0 amide bonds. The highest BCUT2D eigenvalue weighted by Gasteiger charge is 2.08. The summed E-state index contributed by atoms with van der Waals surface area (Å²) < 4.78 is 0. The van der Waals surface area contributed by atoms with Crippen molar-refractivity contribution in [3.05, 3.63) is 23.5 Å². The molecule has 0 spiro atoms. The third kappa shape index (κ3) is 2.20. The van der Waals surface area contributed by atoms with Crippen LogP contribution in [0, 0.1) is 6.92 Å². The molecule has 0 bridgehead atoms. The number of pyridine rings is 1. The molecular formula is C11H18N2. The van der Waals surface area contributed by atoms with E-state index in [1.54, 1.807) is 0 Å². The maximum atomic E-state index is 4.32. The average Bonchev–Trinajstić information content (AvgIpc) is 2.03. The lowest BCUT2D eigenvalue weighted by molar-refractivity contribution is 0.847. The third-order valence-electron chi connectivity index (χ3n) is 2.15. The zero-order chi connectivity index (χ0) is 10.0. The van der Waals surface area contributed by atoms with Crippen molar-refractivity contribution in [3.63, 3.8) is 0 Å². The first-order valence-corrected chi connectivity index (χ1v) is 4.66. The minimum absolute atomic E-state index is 0.533. The number of nitrogens with zero attached hydrogens (tertiary/aromatic N) is 2. The smallest absolute Gasteiger partial charge is 0.0429 e. The lowest BCUT2D eigenvalue weighted by Crippen LogP contribution is -2.12. The Hall–Kier alpha value is -1.05. The summed E-state index contributed by atoms with van der Waals surface area (Å²) in [6, 6.07) is 2.13. The highest BCUT2D eigenvalue weighted by atomic mass is 15.1. The molecule has 0 aromatic carbocycles. The normalized spacial score (nSPS) is 10.6. The van der Waals surface area contributed by atoms with Gasteiger partial charge in [0, 0.05) is 31.7 Å². The quantitative estimate of drug-likeness (QED) is 0.692. The van der Waals surface area contributed by atoms with Crippen molar-refractivity contribution in [1.82, 2.24) is 4.98 Å². The molecule has 13 heavy (non-hydrogen) atoms. The van der Waals surface area contributed by atoms with Crippen molar-refractivity contribution in [2.24, 2.45) is 0 Å². The van der Waals surface area contributed by atoms with E-state index in [9.17, 15) is 0 Å². The zero-order valence-corrected chi connectivity index (χ0v) is 9.13. The number of hydrogen-bond donors (Lipinski definition) is 0. The van der Waals surface area contributed by atoms with E-state index in [0.29, 0.717) is 5.92 Å². The Balaban J connectivity index is 3.19. The van der Waals surface area contributed by atoms with Crippen LogP contribution in [0.4, 0.5) is 5.69 Å². The number of anilines is 1. The Morgan fingerprint density at radius 3 is 2.38 bits per heavy atom. The Morgan fingerprint density at radius 2 is 1.92 bits per heavy atom. The van der Waals surface area contributed by atoms with Crippen LogP contribution in [0.25, 0.3) is 0 Å². The van der Waals surface area contributed by atoms with Crippen molar-refractivity contribution >= 4 is 5.69 Å². The summed E-state index contributed by atoms with van der Waals surface area (Å²) in [5.74, 6) is 0.533. The maximum Gasteiger partial charge on any atom is 0.0429 e. The Kier molecular flexibility index (Phi) is 2.91. The van der Waals surface area contributed by atoms with Gasteiger partial charge in [-0.1, -0.05) is 13.8 Å². The highest BCUT2D eigenvalue weighted by Crippen LogP contribution is 2.25. The summed E-state index contributed by atoms with van der Waals surface area (Å²) in [7, 11) is 4.14. The van der Waals surface area contributed by atoms with Gasteiger partial charge in [-0.15, -0.1) is 0 Å². The van der Waals surface area contributed by atoms with Crippen LogP contribution in [0.15, 0.2) is 12.3 Å². The van der Waals surface area contributed by atoms with Crippen molar-refractivity contribution in [3.8, 4) is 0 Å². The van der Waals surface area contributed by atoms with Crippen LogP contribution in [0.3, 0.4) is 0 Å². The van der Waals surface area contributed by atoms with E-state index in [0.717, 1.165) is 5.69 Å². The van der Waals surface area contributed by atoms with Crippen molar-refractivity contribution in [2.45, 2.75) is 26.7 Å². The Labute approximate surface area is 80.6 Å². The van der Waals surface area contributed by atoms with Crippen molar-refractivity contribution in [2.75, 3.05) is 19.0 Å². The lowest BCUT2D eigenvalue weighted by atomic mass is 10.0. The van der Waals surface area contributed by atoms with Gasteiger partial charge in [0.05, 0.1) is 0 Å². The lowest BCUT2D eigenvalue weighted by Gasteiger charge is -2.19. The molecule has 0 aliphatic carbocycles. The van der Waals surface area contributed by atoms with Crippen LogP contribution in [-0.2, 0) is 0 Å². The fraction of sp³-hybridized carbons (Fsp3) is 0.545. The SMILES string of the molecule is Cc1cc(N(C)C)c(C(C)C)cn1. The molecule has 0 aliphatic heterocycles. The standard InChI is InChI=1S/C11H18N2/c1-8(2)10-7-12-9(3)6-11(10)13(4)5/h6-8H,1-5H3. The largest absolute Gasteiger partial charge is 0.377 e. The average molecular weight is 178 g/mol. The molecular weight excluding hydrogens is 160 g/mol. The van der Waals surface area contributed by atoms with Gasteiger partial charge in [-0.2, -0.15) is 0 Å². The third-order valence-corrected chi connectivity index (χ3v) is 2.15. The number of aryl methyl sites for hydroxylation is 1. The molecule has 0 N–H and O–H groups in total. The maximum absolute atomic E-state index is 4.32. The van der Waals surface area contributed by atoms with E-state index < -0.39 is 0 Å². The minimum atomic E-state index is 0.533. The summed E-state index contributed by atoms with van der Waals surface area (Å²) in [6.45, 7) is 6.41. The first-order valence-electron chi connectivity index (χ1n) is 4.66. The fourth-order valence-electron chi connectivity index (χ4n) is 1.39. The van der Waals surface area contributed by atoms with Crippen LogP contribution in [0.1, 0.15) is 31.0 Å². The first kappa shape index (κ1) is 10.0. The van der Waals surface area contributed by atoms with Gasteiger partial charge in [0.15, 0.2) is 0 Å². The molecule has 2 nitrogen and oxygen atoms in total. The van der Waals surface area contributed by atoms with Gasteiger partial charge in [0.2, 0.25) is 0 Å². The molecule has 1 rings (SSSR count). The summed E-state index contributed by atoms with van der Waals surface area (Å²) >= 11 is 0. The van der Waals surface area contributed by atoms with Crippen molar-refractivity contribution in [1.29, 1.82) is 0 Å². The molecule has 0 radical (unpaired) electrons. The Morgan fingerprint density at radius 1 is 1.31 bits per heavy atom. The predicted octanol–water partition coefficient (Wildman–Crippen LogP) is 2.58. The summed E-state index contributed by atoms with van der Waals surface area (Å²) in [6.07, 6.45) is 1.98. The van der Waals surface area contributed by atoms with E-state index in [1.165, 1.54) is 11.3 Å². The molecule has 72 valence electrons. The molecule has 0 aliphatic rings. The molecule has 2 heteroatoms. The van der Waals surface area contributed by atoms with E-state index in [4.69, 9.17) is 0 Å². The van der Waals surface area contributed by atoms with E-state index in [1.807, 2.05) is 13.1 Å². The highest BCUT2D eigenvalue weighted by molar-refractivity contribution is 5.53. The van der Waals surface area contributed by atoms with Crippen LogP contribution >= 0.6 is 0 Å². The van der Waals surface area contributed by atoms with Gasteiger partial charge in [-0.05, 0) is 24.5 Å². The fourth-order valence-corrected chi connectivity index (χ4v) is 1.39. The van der Waals surface area contributed by atoms with Crippen molar-refractivity contribution < 1.29 is 0 Å². The summed E-state index contributed by atoms with van der Waals surface area (Å²) in [4.78, 5) is 6.46. The van der Waals surface area contributed by atoms with Gasteiger partial charge >= 0.3 is 0 Å². The predicted molar refractivity (Wildman–Crippen MR) is 57.4 cm³/mol. The summed E-state index contributed by atoms with van der Waals surface area (Å²) in [5, 5.41) is 0. The topological polar surface area (TPSA) is 16.1 Å².